The van der Waals surface area contributed by atoms with Crippen molar-refractivity contribution >= 4 is 28.7 Å². The standard InChI is InChI=1S/C11H18INO2/c1-11(2,3)15-10(14)13-6-4-9(8-12)5-7-13/h4H,5-8H2,1-3H3. The zero-order valence-corrected chi connectivity index (χ0v) is 11.7. The van der Waals surface area contributed by atoms with Gasteiger partial charge in [0.1, 0.15) is 5.60 Å². The minimum absolute atomic E-state index is 0.203. The maximum Gasteiger partial charge on any atom is 0.410 e. The summed E-state index contributed by atoms with van der Waals surface area (Å²) in [4.78, 5) is 13.4. The summed E-state index contributed by atoms with van der Waals surface area (Å²) in [5, 5.41) is 0. The van der Waals surface area contributed by atoms with Gasteiger partial charge in [-0.25, -0.2) is 4.79 Å². The number of alkyl halides is 1. The van der Waals surface area contributed by atoms with Crippen LogP contribution in [0.1, 0.15) is 27.2 Å². The molecular formula is C11H18INO2. The predicted molar refractivity (Wildman–Crippen MR) is 69.4 cm³/mol. The molecule has 3 nitrogen and oxygen atoms in total. The van der Waals surface area contributed by atoms with E-state index in [2.05, 4.69) is 28.7 Å². The Labute approximate surface area is 105 Å². The molecule has 0 atom stereocenters. The molecule has 0 N–H and O–H groups in total. The van der Waals surface area contributed by atoms with Crippen LogP contribution < -0.4 is 0 Å². The molecule has 0 radical (unpaired) electrons. The van der Waals surface area contributed by atoms with E-state index in [9.17, 15) is 4.79 Å². The summed E-state index contributed by atoms with van der Waals surface area (Å²) >= 11 is 2.35. The normalized spacial score (nSPS) is 17.3. The Bertz CT molecular complexity index is 268. The SMILES string of the molecule is CC(C)(C)OC(=O)N1CC=C(CI)CC1. The number of halogens is 1. The monoisotopic (exact) mass is 323 g/mol. The number of nitrogens with zero attached hydrogens (tertiary/aromatic N) is 1. The van der Waals surface area contributed by atoms with Crippen molar-refractivity contribution in [3.63, 3.8) is 0 Å². The van der Waals surface area contributed by atoms with Crippen molar-refractivity contribution in [3.8, 4) is 0 Å². The van der Waals surface area contributed by atoms with Crippen molar-refractivity contribution in [1.29, 1.82) is 0 Å². The lowest BCUT2D eigenvalue weighted by molar-refractivity contribution is 0.0266. The number of hydrogen-bond acceptors (Lipinski definition) is 2. The second kappa shape index (κ2) is 5.18. The van der Waals surface area contributed by atoms with Gasteiger partial charge in [-0.2, -0.15) is 0 Å². The molecule has 0 spiro atoms. The van der Waals surface area contributed by atoms with Gasteiger partial charge in [0, 0.05) is 17.5 Å². The number of amides is 1. The number of hydrogen-bond donors (Lipinski definition) is 0. The van der Waals surface area contributed by atoms with E-state index in [1.165, 1.54) is 5.57 Å². The fourth-order valence-electron chi connectivity index (χ4n) is 1.32. The average molecular weight is 323 g/mol. The Morgan fingerprint density at radius 3 is 2.67 bits per heavy atom. The smallest absolute Gasteiger partial charge is 0.410 e. The minimum Gasteiger partial charge on any atom is -0.444 e. The molecule has 4 heteroatoms. The summed E-state index contributed by atoms with van der Waals surface area (Å²) in [6.07, 6.45) is 2.90. The zero-order chi connectivity index (χ0) is 11.5. The Morgan fingerprint density at radius 1 is 1.60 bits per heavy atom. The van der Waals surface area contributed by atoms with E-state index in [4.69, 9.17) is 4.74 Å². The summed E-state index contributed by atoms with van der Waals surface area (Å²) in [5.41, 5.74) is 1.03. The van der Waals surface area contributed by atoms with Crippen molar-refractivity contribution in [2.45, 2.75) is 32.8 Å². The molecule has 1 heterocycles. The maximum absolute atomic E-state index is 11.7. The minimum atomic E-state index is -0.398. The van der Waals surface area contributed by atoms with E-state index in [-0.39, 0.29) is 6.09 Å². The van der Waals surface area contributed by atoms with Gasteiger partial charge in [0.25, 0.3) is 0 Å². The molecule has 0 bridgehead atoms. The predicted octanol–water partition coefficient (Wildman–Crippen LogP) is 2.99. The van der Waals surface area contributed by atoms with E-state index in [0.717, 1.165) is 17.4 Å². The van der Waals surface area contributed by atoms with Crippen LogP contribution in [0, 0.1) is 0 Å². The molecule has 86 valence electrons. The molecule has 15 heavy (non-hydrogen) atoms. The van der Waals surface area contributed by atoms with E-state index >= 15 is 0 Å². The first-order valence-corrected chi connectivity index (χ1v) is 6.67. The Balaban J connectivity index is 2.47. The molecule has 0 aromatic rings. The maximum atomic E-state index is 11.7. The van der Waals surface area contributed by atoms with Crippen molar-refractivity contribution in [3.05, 3.63) is 11.6 Å². The average Bonchev–Trinajstić information content (AvgIpc) is 2.15. The third kappa shape index (κ3) is 4.40. The highest BCUT2D eigenvalue weighted by molar-refractivity contribution is 14.1. The first kappa shape index (κ1) is 12.8. The molecule has 0 fully saturated rings. The van der Waals surface area contributed by atoms with Crippen LogP contribution in [0.5, 0.6) is 0 Å². The van der Waals surface area contributed by atoms with E-state index in [1.54, 1.807) is 4.90 Å². The fraction of sp³-hybridized carbons (Fsp3) is 0.727. The number of ether oxygens (including phenoxy) is 1. The number of carbonyl (C=O) groups excluding carboxylic acids is 1. The Morgan fingerprint density at radius 2 is 2.27 bits per heavy atom. The van der Waals surface area contributed by atoms with Gasteiger partial charge in [0.15, 0.2) is 0 Å². The largest absolute Gasteiger partial charge is 0.444 e. The zero-order valence-electron chi connectivity index (χ0n) is 9.55. The number of carbonyl (C=O) groups is 1. The van der Waals surface area contributed by atoms with Gasteiger partial charge < -0.3 is 9.64 Å². The van der Waals surface area contributed by atoms with Gasteiger partial charge in [-0.1, -0.05) is 34.2 Å². The van der Waals surface area contributed by atoms with Gasteiger partial charge in [-0.15, -0.1) is 0 Å². The molecule has 0 aliphatic carbocycles. The van der Waals surface area contributed by atoms with E-state index in [1.807, 2.05) is 20.8 Å². The molecule has 0 saturated carbocycles. The summed E-state index contributed by atoms with van der Waals surface area (Å²) in [6.45, 7) is 7.14. The molecule has 0 aromatic carbocycles. The first-order chi connectivity index (χ1) is 6.92. The molecule has 1 aliphatic rings. The fourth-order valence-corrected chi connectivity index (χ4v) is 2.02. The highest BCUT2D eigenvalue weighted by Gasteiger charge is 2.23. The van der Waals surface area contributed by atoms with Crippen LogP contribution in [-0.2, 0) is 4.74 Å². The molecule has 1 rings (SSSR count). The third-order valence-corrected chi connectivity index (χ3v) is 3.11. The van der Waals surface area contributed by atoms with Gasteiger partial charge in [-0.05, 0) is 27.2 Å². The highest BCUT2D eigenvalue weighted by atomic mass is 127. The van der Waals surface area contributed by atoms with Crippen LogP contribution in [-0.4, -0.2) is 34.1 Å². The van der Waals surface area contributed by atoms with Gasteiger partial charge in [0.05, 0.1) is 0 Å². The van der Waals surface area contributed by atoms with E-state index < -0.39 is 5.60 Å². The van der Waals surface area contributed by atoms with Crippen LogP contribution >= 0.6 is 22.6 Å². The summed E-state index contributed by atoms with van der Waals surface area (Å²) in [7, 11) is 0. The van der Waals surface area contributed by atoms with Crippen molar-refractivity contribution in [2.75, 3.05) is 17.5 Å². The number of rotatable bonds is 1. The van der Waals surface area contributed by atoms with Crippen LogP contribution in [0.3, 0.4) is 0 Å². The topological polar surface area (TPSA) is 29.5 Å². The van der Waals surface area contributed by atoms with Crippen LogP contribution in [0.2, 0.25) is 0 Å². The summed E-state index contributed by atoms with van der Waals surface area (Å²) < 4.78 is 6.36. The van der Waals surface area contributed by atoms with Crippen LogP contribution in [0.25, 0.3) is 0 Å². The van der Waals surface area contributed by atoms with Gasteiger partial charge in [-0.3, -0.25) is 0 Å². The quantitative estimate of drug-likeness (QED) is 0.422. The molecule has 0 aromatic heterocycles. The summed E-state index contributed by atoms with van der Waals surface area (Å²) in [6, 6.07) is 0. The lowest BCUT2D eigenvalue weighted by atomic mass is 10.1. The highest BCUT2D eigenvalue weighted by Crippen LogP contribution is 2.16. The van der Waals surface area contributed by atoms with Gasteiger partial charge in [0.2, 0.25) is 0 Å². The molecular weight excluding hydrogens is 305 g/mol. The van der Waals surface area contributed by atoms with Crippen LogP contribution in [0.15, 0.2) is 11.6 Å². The second-order valence-corrected chi connectivity index (χ2v) is 5.44. The molecule has 1 aliphatic heterocycles. The molecule has 1 amide bonds. The first-order valence-electron chi connectivity index (χ1n) is 5.14. The van der Waals surface area contributed by atoms with Gasteiger partial charge >= 0.3 is 6.09 Å². The lowest BCUT2D eigenvalue weighted by Crippen LogP contribution is -2.39. The van der Waals surface area contributed by atoms with Crippen molar-refractivity contribution < 1.29 is 9.53 Å². The third-order valence-electron chi connectivity index (χ3n) is 2.13. The lowest BCUT2D eigenvalue weighted by Gasteiger charge is -2.29. The van der Waals surface area contributed by atoms with Crippen molar-refractivity contribution in [2.24, 2.45) is 0 Å². The molecule has 0 unspecified atom stereocenters. The molecule has 0 saturated heterocycles. The van der Waals surface area contributed by atoms with E-state index in [0.29, 0.717) is 6.54 Å². The Hall–Kier alpha value is -0.260. The van der Waals surface area contributed by atoms with Crippen LogP contribution in [0.4, 0.5) is 4.79 Å². The second-order valence-electron chi connectivity index (χ2n) is 4.67. The Kier molecular flexibility index (Phi) is 4.43. The van der Waals surface area contributed by atoms with Crippen molar-refractivity contribution in [1.82, 2.24) is 4.90 Å². The summed E-state index contributed by atoms with van der Waals surface area (Å²) in [5.74, 6) is 0.